The first kappa shape index (κ1) is 26.7. The summed E-state index contributed by atoms with van der Waals surface area (Å²) >= 11 is 1.75. The predicted octanol–water partition coefficient (Wildman–Crippen LogP) is 5.88. The summed E-state index contributed by atoms with van der Waals surface area (Å²) in [6, 6.07) is 15.4. The standard InChI is InChI=1S/C30H36N2O4S/c1-5-6-9-16-31(30(34)24-13-12-22(35-3)19-26(24)36-4)20-28(33)32-17-14-27-25(15-18-37-27)29(32)23-11-8-7-10-21(23)2/h7-8,10-13,15,18-19,29H,5-6,9,14,16-17,20H2,1-4H3. The van der Waals surface area contributed by atoms with Crippen LogP contribution in [0, 0.1) is 6.92 Å². The molecule has 1 aliphatic heterocycles. The average Bonchev–Trinajstić information content (AvgIpc) is 3.40. The summed E-state index contributed by atoms with van der Waals surface area (Å²) in [5.41, 5.74) is 3.92. The van der Waals surface area contributed by atoms with Crippen LogP contribution in [0.3, 0.4) is 0 Å². The van der Waals surface area contributed by atoms with Crippen molar-refractivity contribution in [2.24, 2.45) is 0 Å². The van der Waals surface area contributed by atoms with E-state index in [0.717, 1.165) is 36.8 Å². The van der Waals surface area contributed by atoms with Crippen LogP contribution in [-0.2, 0) is 11.2 Å². The highest BCUT2D eigenvalue weighted by Gasteiger charge is 2.35. The number of fused-ring (bicyclic) bond motifs is 1. The van der Waals surface area contributed by atoms with Crippen molar-refractivity contribution in [1.82, 2.24) is 9.80 Å². The fourth-order valence-electron chi connectivity index (χ4n) is 5.02. The largest absolute Gasteiger partial charge is 0.497 e. The summed E-state index contributed by atoms with van der Waals surface area (Å²) in [5, 5.41) is 2.11. The summed E-state index contributed by atoms with van der Waals surface area (Å²) in [4.78, 5) is 32.6. The molecule has 2 aromatic carbocycles. The minimum Gasteiger partial charge on any atom is -0.497 e. The quantitative estimate of drug-likeness (QED) is 0.313. The molecule has 0 fully saturated rings. The number of rotatable bonds is 10. The molecule has 2 amide bonds. The second kappa shape index (κ2) is 12.3. The lowest BCUT2D eigenvalue weighted by atomic mass is 9.90. The number of carbonyl (C=O) groups is 2. The van der Waals surface area contributed by atoms with Crippen LogP contribution in [0.2, 0.25) is 0 Å². The molecule has 0 bridgehead atoms. The van der Waals surface area contributed by atoms with E-state index in [-0.39, 0.29) is 24.4 Å². The van der Waals surface area contributed by atoms with Crippen LogP contribution >= 0.6 is 11.3 Å². The number of aryl methyl sites for hydroxylation is 1. The Kier molecular flexibility index (Phi) is 8.87. The van der Waals surface area contributed by atoms with Gasteiger partial charge < -0.3 is 19.3 Å². The van der Waals surface area contributed by atoms with Crippen LogP contribution in [0.5, 0.6) is 11.5 Å². The maximum atomic E-state index is 13.9. The molecule has 0 radical (unpaired) electrons. The summed E-state index contributed by atoms with van der Waals surface area (Å²) < 4.78 is 10.8. The first-order valence-electron chi connectivity index (χ1n) is 12.9. The lowest BCUT2D eigenvalue weighted by Crippen LogP contribution is -2.47. The summed E-state index contributed by atoms with van der Waals surface area (Å²) in [5.74, 6) is 0.811. The van der Waals surface area contributed by atoms with Gasteiger partial charge in [0.25, 0.3) is 5.91 Å². The van der Waals surface area contributed by atoms with E-state index >= 15 is 0 Å². The van der Waals surface area contributed by atoms with Gasteiger partial charge in [0, 0.05) is 24.0 Å². The van der Waals surface area contributed by atoms with Crippen molar-refractivity contribution in [2.75, 3.05) is 33.9 Å². The second-order valence-electron chi connectivity index (χ2n) is 9.40. The number of unbranched alkanes of at least 4 members (excludes halogenated alkanes) is 2. The number of carbonyl (C=O) groups excluding carboxylic acids is 2. The van der Waals surface area contributed by atoms with Gasteiger partial charge >= 0.3 is 0 Å². The number of nitrogens with zero attached hydrogens (tertiary/aromatic N) is 2. The van der Waals surface area contributed by atoms with Crippen LogP contribution in [0.25, 0.3) is 0 Å². The van der Waals surface area contributed by atoms with Gasteiger partial charge in [-0.25, -0.2) is 0 Å². The number of ether oxygens (including phenoxy) is 2. The minimum absolute atomic E-state index is 0.0274. The molecule has 4 rings (SSSR count). The van der Waals surface area contributed by atoms with Crippen molar-refractivity contribution < 1.29 is 19.1 Å². The van der Waals surface area contributed by atoms with Gasteiger partial charge in [-0.15, -0.1) is 11.3 Å². The van der Waals surface area contributed by atoms with Crippen LogP contribution in [-0.4, -0.2) is 55.5 Å². The predicted molar refractivity (Wildman–Crippen MR) is 148 cm³/mol. The average molecular weight is 521 g/mol. The Morgan fingerprint density at radius 3 is 2.59 bits per heavy atom. The van der Waals surface area contributed by atoms with Gasteiger partial charge in [0.1, 0.15) is 18.0 Å². The molecule has 0 saturated carbocycles. The Bertz CT molecular complexity index is 1240. The number of methoxy groups -OCH3 is 2. The van der Waals surface area contributed by atoms with Gasteiger partial charge in [0.2, 0.25) is 5.91 Å². The lowest BCUT2D eigenvalue weighted by molar-refractivity contribution is -0.134. The van der Waals surface area contributed by atoms with Crippen molar-refractivity contribution in [3.05, 3.63) is 81.0 Å². The van der Waals surface area contributed by atoms with Crippen LogP contribution in [0.15, 0.2) is 53.9 Å². The van der Waals surface area contributed by atoms with E-state index in [1.54, 1.807) is 41.5 Å². The van der Waals surface area contributed by atoms with Crippen LogP contribution in [0.4, 0.5) is 0 Å². The molecule has 2 heterocycles. The fourth-order valence-corrected chi connectivity index (χ4v) is 5.92. The smallest absolute Gasteiger partial charge is 0.258 e. The zero-order valence-electron chi connectivity index (χ0n) is 22.2. The number of hydrogen-bond acceptors (Lipinski definition) is 5. The molecule has 1 aromatic heterocycles. The molecule has 37 heavy (non-hydrogen) atoms. The molecule has 0 saturated heterocycles. The maximum Gasteiger partial charge on any atom is 0.258 e. The molecule has 1 unspecified atom stereocenters. The van der Waals surface area contributed by atoms with E-state index in [4.69, 9.17) is 9.47 Å². The third kappa shape index (κ3) is 5.82. The van der Waals surface area contributed by atoms with Gasteiger partial charge in [-0.1, -0.05) is 44.0 Å². The zero-order chi connectivity index (χ0) is 26.4. The Hall–Kier alpha value is -3.32. The molecule has 0 spiro atoms. The Balaban J connectivity index is 1.64. The second-order valence-corrected chi connectivity index (χ2v) is 10.4. The molecule has 3 aromatic rings. The Labute approximate surface area is 223 Å². The van der Waals surface area contributed by atoms with Gasteiger partial charge in [-0.05, 0) is 60.0 Å². The van der Waals surface area contributed by atoms with Crippen molar-refractivity contribution >= 4 is 23.2 Å². The molecular weight excluding hydrogens is 484 g/mol. The van der Waals surface area contributed by atoms with E-state index in [2.05, 4.69) is 37.4 Å². The first-order valence-corrected chi connectivity index (χ1v) is 13.8. The topological polar surface area (TPSA) is 59.1 Å². The SMILES string of the molecule is CCCCCN(CC(=O)N1CCc2sccc2C1c1ccccc1C)C(=O)c1ccc(OC)cc1OC. The Morgan fingerprint density at radius 2 is 1.86 bits per heavy atom. The highest BCUT2D eigenvalue weighted by atomic mass is 32.1. The van der Waals surface area contributed by atoms with Crippen molar-refractivity contribution in [2.45, 2.75) is 45.6 Å². The number of benzene rings is 2. The lowest BCUT2D eigenvalue weighted by Gasteiger charge is -2.38. The number of thiophene rings is 1. The Morgan fingerprint density at radius 1 is 1.05 bits per heavy atom. The summed E-state index contributed by atoms with van der Waals surface area (Å²) in [7, 11) is 3.12. The van der Waals surface area contributed by atoms with E-state index in [9.17, 15) is 9.59 Å². The normalized spacial score (nSPS) is 14.7. The molecule has 1 aliphatic rings. The minimum atomic E-state index is -0.204. The van der Waals surface area contributed by atoms with E-state index in [1.165, 1.54) is 17.6 Å². The number of amides is 2. The summed E-state index contributed by atoms with van der Waals surface area (Å²) in [6.07, 6.45) is 3.69. The van der Waals surface area contributed by atoms with Crippen LogP contribution < -0.4 is 9.47 Å². The van der Waals surface area contributed by atoms with Crippen molar-refractivity contribution in [1.29, 1.82) is 0 Å². The maximum absolute atomic E-state index is 13.9. The van der Waals surface area contributed by atoms with E-state index < -0.39 is 0 Å². The van der Waals surface area contributed by atoms with Crippen molar-refractivity contribution in [3.8, 4) is 11.5 Å². The fraction of sp³-hybridized carbons (Fsp3) is 0.400. The molecule has 0 N–H and O–H groups in total. The molecule has 1 atom stereocenters. The van der Waals surface area contributed by atoms with Crippen LogP contribution in [0.1, 0.15) is 64.2 Å². The van der Waals surface area contributed by atoms with Gasteiger partial charge in [0.05, 0.1) is 25.8 Å². The monoisotopic (exact) mass is 520 g/mol. The van der Waals surface area contributed by atoms with E-state index in [0.29, 0.717) is 30.2 Å². The number of hydrogen-bond donors (Lipinski definition) is 0. The zero-order valence-corrected chi connectivity index (χ0v) is 23.0. The molecular formula is C30H36N2O4S. The van der Waals surface area contributed by atoms with E-state index in [1.807, 2.05) is 17.0 Å². The molecule has 6 nitrogen and oxygen atoms in total. The van der Waals surface area contributed by atoms with Crippen molar-refractivity contribution in [3.63, 3.8) is 0 Å². The van der Waals surface area contributed by atoms with Gasteiger partial charge in [-0.2, -0.15) is 0 Å². The highest BCUT2D eigenvalue weighted by Crippen LogP contribution is 2.39. The summed E-state index contributed by atoms with van der Waals surface area (Å²) in [6.45, 7) is 5.39. The highest BCUT2D eigenvalue weighted by molar-refractivity contribution is 7.10. The molecule has 196 valence electrons. The van der Waals surface area contributed by atoms with Gasteiger partial charge in [0.15, 0.2) is 0 Å². The van der Waals surface area contributed by atoms with Gasteiger partial charge in [-0.3, -0.25) is 9.59 Å². The first-order chi connectivity index (χ1) is 18.0. The molecule has 0 aliphatic carbocycles. The molecule has 7 heteroatoms. The third-order valence-corrected chi connectivity index (χ3v) is 8.05. The third-order valence-electron chi connectivity index (χ3n) is 7.05.